The normalized spacial score (nSPS) is 17.5. The minimum Gasteiger partial charge on any atom is -0.497 e. The lowest BCUT2D eigenvalue weighted by Gasteiger charge is -2.33. The number of rotatable bonds is 6. The zero-order valence-corrected chi connectivity index (χ0v) is 15.5. The van der Waals surface area contributed by atoms with Gasteiger partial charge in [0.05, 0.1) is 20.3 Å². The van der Waals surface area contributed by atoms with Crippen molar-refractivity contribution in [1.82, 2.24) is 15.0 Å². The molecule has 0 spiro atoms. The lowest BCUT2D eigenvalue weighted by atomic mass is 10.0. The Morgan fingerprint density at radius 3 is 2.69 bits per heavy atom. The minimum absolute atomic E-state index is 0.0638. The molecule has 26 heavy (non-hydrogen) atoms. The lowest BCUT2D eigenvalue weighted by Crippen LogP contribution is -2.45. The van der Waals surface area contributed by atoms with Crippen LogP contribution in [0.25, 0.3) is 11.5 Å². The summed E-state index contributed by atoms with van der Waals surface area (Å²) < 4.78 is 16.3. The predicted molar refractivity (Wildman–Crippen MR) is 95.6 cm³/mol. The molecule has 140 valence electrons. The number of aromatic nitrogens is 2. The number of nitrogens with zero attached hydrogens (tertiary/aromatic N) is 3. The van der Waals surface area contributed by atoms with Crippen molar-refractivity contribution in [3.63, 3.8) is 0 Å². The second-order valence-electron chi connectivity index (χ2n) is 6.34. The largest absolute Gasteiger partial charge is 0.497 e. The molecule has 1 aliphatic heterocycles. The molecular weight excluding hydrogens is 334 g/mol. The van der Waals surface area contributed by atoms with Crippen LogP contribution in [0.1, 0.15) is 38.6 Å². The van der Waals surface area contributed by atoms with Crippen LogP contribution < -0.4 is 4.74 Å². The number of ether oxygens (including phenoxy) is 2. The molecule has 0 unspecified atom stereocenters. The Morgan fingerprint density at radius 2 is 2.04 bits per heavy atom. The van der Waals surface area contributed by atoms with E-state index < -0.39 is 0 Å². The van der Waals surface area contributed by atoms with E-state index in [2.05, 4.69) is 10.1 Å². The van der Waals surface area contributed by atoms with E-state index in [1.807, 2.05) is 43.0 Å². The van der Waals surface area contributed by atoms with Crippen LogP contribution in [0.5, 0.6) is 5.75 Å². The van der Waals surface area contributed by atoms with E-state index in [4.69, 9.17) is 14.0 Å². The summed E-state index contributed by atoms with van der Waals surface area (Å²) in [4.78, 5) is 18.9. The number of carbonyl (C=O) groups excluding carboxylic acids is 1. The van der Waals surface area contributed by atoms with E-state index in [-0.39, 0.29) is 17.9 Å². The minimum atomic E-state index is -0.363. The summed E-state index contributed by atoms with van der Waals surface area (Å²) in [6.07, 6.45) is 1.33. The lowest BCUT2D eigenvalue weighted by molar-refractivity contribution is -0.144. The van der Waals surface area contributed by atoms with Crippen molar-refractivity contribution in [3.8, 4) is 17.2 Å². The van der Waals surface area contributed by atoms with Crippen LogP contribution in [0.15, 0.2) is 28.8 Å². The van der Waals surface area contributed by atoms with Gasteiger partial charge in [-0.3, -0.25) is 4.79 Å². The maximum Gasteiger partial charge on any atom is 0.258 e. The number of carbonyl (C=O) groups is 1. The second-order valence-corrected chi connectivity index (χ2v) is 6.34. The van der Waals surface area contributed by atoms with Gasteiger partial charge in [-0.05, 0) is 37.1 Å². The highest BCUT2D eigenvalue weighted by Gasteiger charge is 2.31. The van der Waals surface area contributed by atoms with Gasteiger partial charge >= 0.3 is 0 Å². The van der Waals surface area contributed by atoms with E-state index in [9.17, 15) is 4.79 Å². The van der Waals surface area contributed by atoms with Crippen LogP contribution in [-0.4, -0.2) is 47.8 Å². The Kier molecular flexibility index (Phi) is 5.88. The molecule has 1 aromatic heterocycles. The maximum atomic E-state index is 12.6. The van der Waals surface area contributed by atoms with Crippen molar-refractivity contribution < 1.29 is 18.8 Å². The highest BCUT2D eigenvalue weighted by Crippen LogP contribution is 2.26. The molecule has 2 heterocycles. The third-order valence-electron chi connectivity index (χ3n) is 4.78. The molecule has 1 fully saturated rings. The Bertz CT molecular complexity index is 725. The fraction of sp³-hybridized carbons (Fsp3) is 0.526. The van der Waals surface area contributed by atoms with Crippen molar-refractivity contribution >= 4 is 5.91 Å². The Balaban J connectivity index is 1.71. The summed E-state index contributed by atoms with van der Waals surface area (Å²) in [5, 5.41) is 4.06. The summed E-state index contributed by atoms with van der Waals surface area (Å²) in [6, 6.07) is 7.40. The number of morpholine rings is 1. The molecule has 0 aliphatic carbocycles. The van der Waals surface area contributed by atoms with Gasteiger partial charge in [0.15, 0.2) is 0 Å². The SMILES string of the molecule is CCC(CC)C(=O)N1CCO[C@@H](c2noc(-c3ccc(OC)cc3)n2)C1. The highest BCUT2D eigenvalue weighted by atomic mass is 16.5. The van der Waals surface area contributed by atoms with E-state index in [0.29, 0.717) is 31.4 Å². The molecule has 3 rings (SSSR count). The van der Waals surface area contributed by atoms with E-state index in [1.165, 1.54) is 0 Å². The molecule has 0 N–H and O–H groups in total. The van der Waals surface area contributed by atoms with E-state index in [0.717, 1.165) is 24.2 Å². The first-order valence-corrected chi connectivity index (χ1v) is 9.04. The molecule has 0 radical (unpaired) electrons. The average molecular weight is 359 g/mol. The van der Waals surface area contributed by atoms with Crippen LogP contribution >= 0.6 is 0 Å². The Morgan fingerprint density at radius 1 is 1.31 bits per heavy atom. The van der Waals surface area contributed by atoms with Crippen LogP contribution in [-0.2, 0) is 9.53 Å². The fourth-order valence-electron chi connectivity index (χ4n) is 3.12. The Hall–Kier alpha value is -2.41. The third kappa shape index (κ3) is 3.88. The first-order valence-electron chi connectivity index (χ1n) is 9.04. The van der Waals surface area contributed by atoms with Gasteiger partial charge in [-0.25, -0.2) is 0 Å². The molecule has 1 aliphatic rings. The molecule has 1 atom stereocenters. The van der Waals surface area contributed by atoms with Crippen molar-refractivity contribution in [2.45, 2.75) is 32.8 Å². The van der Waals surface area contributed by atoms with Crippen molar-refractivity contribution in [3.05, 3.63) is 30.1 Å². The van der Waals surface area contributed by atoms with E-state index in [1.54, 1.807) is 7.11 Å². The van der Waals surface area contributed by atoms with Gasteiger partial charge in [0.25, 0.3) is 5.89 Å². The number of hydrogen-bond acceptors (Lipinski definition) is 6. The molecule has 0 bridgehead atoms. The zero-order chi connectivity index (χ0) is 18.5. The van der Waals surface area contributed by atoms with Crippen molar-refractivity contribution in [1.29, 1.82) is 0 Å². The number of methoxy groups -OCH3 is 1. The van der Waals surface area contributed by atoms with Crippen LogP contribution in [0.4, 0.5) is 0 Å². The summed E-state index contributed by atoms with van der Waals surface area (Å²) >= 11 is 0. The predicted octanol–water partition coefficient (Wildman–Crippen LogP) is 3.08. The van der Waals surface area contributed by atoms with Gasteiger partial charge < -0.3 is 18.9 Å². The van der Waals surface area contributed by atoms with Crippen LogP contribution in [0.3, 0.4) is 0 Å². The van der Waals surface area contributed by atoms with Gasteiger partial charge in [0.1, 0.15) is 11.9 Å². The average Bonchev–Trinajstić information content (AvgIpc) is 3.19. The first-order chi connectivity index (χ1) is 12.7. The van der Waals surface area contributed by atoms with Gasteiger partial charge in [0.2, 0.25) is 11.7 Å². The summed E-state index contributed by atoms with van der Waals surface area (Å²) in [7, 11) is 1.62. The standard InChI is InChI=1S/C19H25N3O4/c1-4-13(5-2)19(23)22-10-11-25-16(12-22)17-20-18(26-21-17)14-6-8-15(24-3)9-7-14/h6-9,13,16H,4-5,10-12H2,1-3H3/t16-/m1/s1. The fourth-order valence-corrected chi connectivity index (χ4v) is 3.12. The monoisotopic (exact) mass is 359 g/mol. The van der Waals surface area contributed by atoms with E-state index >= 15 is 0 Å². The van der Waals surface area contributed by atoms with Gasteiger partial charge in [0, 0.05) is 18.0 Å². The molecule has 1 amide bonds. The quantitative estimate of drug-likeness (QED) is 0.789. The van der Waals surface area contributed by atoms with Crippen molar-refractivity contribution in [2.24, 2.45) is 5.92 Å². The molecule has 2 aromatic rings. The second kappa shape index (κ2) is 8.31. The smallest absolute Gasteiger partial charge is 0.258 e. The maximum absolute atomic E-state index is 12.6. The Labute approximate surface area is 153 Å². The molecule has 0 saturated carbocycles. The van der Waals surface area contributed by atoms with Crippen LogP contribution in [0.2, 0.25) is 0 Å². The van der Waals surface area contributed by atoms with Gasteiger partial charge in [-0.15, -0.1) is 0 Å². The third-order valence-corrected chi connectivity index (χ3v) is 4.78. The van der Waals surface area contributed by atoms with Gasteiger partial charge in [-0.1, -0.05) is 19.0 Å². The zero-order valence-electron chi connectivity index (χ0n) is 15.5. The summed E-state index contributed by atoms with van der Waals surface area (Å²) in [6.45, 7) is 5.63. The number of benzene rings is 1. The van der Waals surface area contributed by atoms with Gasteiger partial charge in [-0.2, -0.15) is 4.98 Å². The molecule has 1 aromatic carbocycles. The first kappa shape index (κ1) is 18.4. The molecule has 7 heteroatoms. The summed E-state index contributed by atoms with van der Waals surface area (Å²) in [5.41, 5.74) is 0.810. The molecule has 1 saturated heterocycles. The highest BCUT2D eigenvalue weighted by molar-refractivity contribution is 5.78. The topological polar surface area (TPSA) is 77.7 Å². The molecule has 7 nitrogen and oxygen atoms in total. The van der Waals surface area contributed by atoms with Crippen LogP contribution in [0, 0.1) is 5.92 Å². The number of hydrogen-bond donors (Lipinski definition) is 0. The van der Waals surface area contributed by atoms with Crippen molar-refractivity contribution in [2.75, 3.05) is 26.8 Å². The molecular formula is C19H25N3O4. The number of amides is 1. The summed E-state index contributed by atoms with van der Waals surface area (Å²) in [5.74, 6) is 1.91.